The van der Waals surface area contributed by atoms with Crippen LogP contribution in [0.25, 0.3) is 10.9 Å². The van der Waals surface area contributed by atoms with Crippen molar-refractivity contribution in [3.63, 3.8) is 0 Å². The molecule has 4 N–H and O–H groups in total. The van der Waals surface area contributed by atoms with Crippen LogP contribution >= 0.6 is 0 Å². The molecule has 0 saturated heterocycles. The second-order valence-corrected chi connectivity index (χ2v) is 6.39. The van der Waals surface area contributed by atoms with Gasteiger partial charge >= 0.3 is 0 Å². The summed E-state index contributed by atoms with van der Waals surface area (Å²) in [4.78, 5) is 7.54. The maximum absolute atomic E-state index is 13.3. The van der Waals surface area contributed by atoms with Gasteiger partial charge in [-0.1, -0.05) is 18.2 Å². The molecule has 0 radical (unpaired) electrons. The Hall–Kier alpha value is -3.02. The SMILES string of the molecule is NC(=NCCc1c[nH]c2cc(F)ccc12)NC1CCOc2ccccc21. The van der Waals surface area contributed by atoms with E-state index in [4.69, 9.17) is 10.5 Å². The molecule has 26 heavy (non-hydrogen) atoms. The first kappa shape index (κ1) is 16.4. The van der Waals surface area contributed by atoms with Gasteiger partial charge in [0.05, 0.1) is 12.6 Å². The number of hydrogen-bond acceptors (Lipinski definition) is 2. The van der Waals surface area contributed by atoms with E-state index in [0.29, 0.717) is 19.1 Å². The van der Waals surface area contributed by atoms with E-state index in [2.05, 4.69) is 15.3 Å². The van der Waals surface area contributed by atoms with Gasteiger partial charge in [-0.2, -0.15) is 0 Å². The van der Waals surface area contributed by atoms with Gasteiger partial charge in [0.1, 0.15) is 11.6 Å². The largest absolute Gasteiger partial charge is 0.493 e. The van der Waals surface area contributed by atoms with E-state index in [1.807, 2.05) is 30.5 Å². The van der Waals surface area contributed by atoms with Crippen molar-refractivity contribution in [2.24, 2.45) is 10.7 Å². The third-order valence-electron chi connectivity index (χ3n) is 4.67. The zero-order valence-corrected chi connectivity index (χ0v) is 14.3. The van der Waals surface area contributed by atoms with Crippen LogP contribution in [0, 0.1) is 5.82 Å². The number of benzene rings is 2. The van der Waals surface area contributed by atoms with Gasteiger partial charge in [-0.25, -0.2) is 4.39 Å². The number of para-hydroxylation sites is 1. The molecular formula is C20H21FN4O. The number of ether oxygens (including phenoxy) is 1. The highest BCUT2D eigenvalue weighted by Crippen LogP contribution is 2.31. The molecule has 0 saturated carbocycles. The average molecular weight is 352 g/mol. The third-order valence-corrected chi connectivity index (χ3v) is 4.67. The highest BCUT2D eigenvalue weighted by atomic mass is 19.1. The molecule has 1 aliphatic heterocycles. The first-order valence-corrected chi connectivity index (χ1v) is 8.74. The minimum Gasteiger partial charge on any atom is -0.493 e. The Morgan fingerprint density at radius 1 is 1.31 bits per heavy atom. The lowest BCUT2D eigenvalue weighted by Crippen LogP contribution is -2.37. The predicted octanol–water partition coefficient (Wildman–Crippen LogP) is 3.28. The molecule has 4 rings (SSSR count). The highest BCUT2D eigenvalue weighted by Gasteiger charge is 2.21. The summed E-state index contributed by atoms with van der Waals surface area (Å²) in [6, 6.07) is 12.9. The highest BCUT2D eigenvalue weighted by molar-refractivity contribution is 5.83. The number of fused-ring (bicyclic) bond motifs is 2. The molecule has 134 valence electrons. The van der Waals surface area contributed by atoms with Crippen LogP contribution in [0.15, 0.2) is 53.7 Å². The molecule has 0 amide bonds. The monoisotopic (exact) mass is 352 g/mol. The van der Waals surface area contributed by atoms with Crippen LogP contribution in [0.4, 0.5) is 4.39 Å². The second-order valence-electron chi connectivity index (χ2n) is 6.39. The molecule has 0 fully saturated rings. The van der Waals surface area contributed by atoms with Gasteiger partial charge in [0.15, 0.2) is 5.96 Å². The number of aliphatic imine (C=N–C) groups is 1. The van der Waals surface area contributed by atoms with Crippen molar-refractivity contribution in [1.82, 2.24) is 10.3 Å². The van der Waals surface area contributed by atoms with Crippen molar-refractivity contribution in [2.75, 3.05) is 13.2 Å². The number of hydrogen-bond donors (Lipinski definition) is 3. The summed E-state index contributed by atoms with van der Waals surface area (Å²) >= 11 is 0. The number of nitrogens with one attached hydrogen (secondary N) is 2. The van der Waals surface area contributed by atoms with Gasteiger partial charge in [-0.15, -0.1) is 0 Å². The maximum Gasteiger partial charge on any atom is 0.189 e. The zero-order valence-electron chi connectivity index (χ0n) is 14.3. The summed E-state index contributed by atoms with van der Waals surface area (Å²) in [5, 5.41) is 4.31. The summed E-state index contributed by atoms with van der Waals surface area (Å²) in [6.07, 6.45) is 3.48. The molecule has 0 spiro atoms. The van der Waals surface area contributed by atoms with Crippen LogP contribution in [-0.2, 0) is 6.42 Å². The fourth-order valence-electron chi connectivity index (χ4n) is 3.38. The van der Waals surface area contributed by atoms with Gasteiger partial charge in [0, 0.05) is 35.6 Å². The quantitative estimate of drug-likeness (QED) is 0.498. The fraction of sp³-hybridized carbons (Fsp3) is 0.250. The molecule has 0 bridgehead atoms. The Morgan fingerprint density at radius 3 is 3.12 bits per heavy atom. The average Bonchev–Trinajstić information content (AvgIpc) is 3.04. The zero-order chi connectivity index (χ0) is 17.9. The smallest absolute Gasteiger partial charge is 0.189 e. The van der Waals surface area contributed by atoms with Crippen LogP contribution < -0.4 is 15.8 Å². The molecule has 0 aliphatic carbocycles. The van der Waals surface area contributed by atoms with Crippen molar-refractivity contribution in [1.29, 1.82) is 0 Å². The lowest BCUT2D eigenvalue weighted by Gasteiger charge is -2.26. The lowest BCUT2D eigenvalue weighted by molar-refractivity contribution is 0.262. The van der Waals surface area contributed by atoms with Gasteiger partial charge in [-0.3, -0.25) is 4.99 Å². The van der Waals surface area contributed by atoms with Crippen LogP contribution in [-0.4, -0.2) is 24.1 Å². The molecule has 2 aromatic carbocycles. The van der Waals surface area contributed by atoms with E-state index in [0.717, 1.165) is 40.6 Å². The van der Waals surface area contributed by atoms with Gasteiger partial charge in [-0.05, 0) is 36.2 Å². The van der Waals surface area contributed by atoms with E-state index in [1.165, 1.54) is 12.1 Å². The number of aromatic nitrogens is 1. The standard InChI is InChI=1S/C20H21FN4O/c21-14-5-6-15-13(12-24-18(15)11-14)7-9-23-20(22)25-17-8-10-26-19-4-2-1-3-16(17)19/h1-6,11-12,17,24H,7-10H2,(H3,22,23,25). The molecule has 3 aromatic rings. The molecule has 1 aliphatic rings. The van der Waals surface area contributed by atoms with Crippen LogP contribution in [0.5, 0.6) is 5.75 Å². The van der Waals surface area contributed by atoms with E-state index in [9.17, 15) is 4.39 Å². The van der Waals surface area contributed by atoms with Gasteiger partial charge in [0.2, 0.25) is 0 Å². The number of guanidine groups is 1. The normalized spacial score (nSPS) is 17.0. The Balaban J connectivity index is 1.40. The first-order valence-electron chi connectivity index (χ1n) is 8.74. The van der Waals surface area contributed by atoms with Crippen molar-refractivity contribution in [2.45, 2.75) is 18.9 Å². The number of nitrogens with zero attached hydrogens (tertiary/aromatic N) is 1. The summed E-state index contributed by atoms with van der Waals surface area (Å²) in [6.45, 7) is 1.22. The molecule has 5 nitrogen and oxygen atoms in total. The third kappa shape index (κ3) is 3.35. The molecule has 1 atom stereocenters. The molecule has 2 heterocycles. The summed E-state index contributed by atoms with van der Waals surface area (Å²) in [7, 11) is 0. The first-order chi connectivity index (χ1) is 12.7. The minimum absolute atomic E-state index is 0.111. The Morgan fingerprint density at radius 2 is 2.19 bits per heavy atom. The fourth-order valence-corrected chi connectivity index (χ4v) is 3.38. The van der Waals surface area contributed by atoms with Crippen LogP contribution in [0.1, 0.15) is 23.6 Å². The molecule has 6 heteroatoms. The Bertz CT molecular complexity index is 950. The minimum atomic E-state index is -0.242. The Labute approximate surface area is 151 Å². The van der Waals surface area contributed by atoms with Crippen molar-refractivity contribution in [3.05, 3.63) is 65.6 Å². The topological polar surface area (TPSA) is 75.4 Å². The van der Waals surface area contributed by atoms with E-state index in [-0.39, 0.29) is 11.9 Å². The second kappa shape index (κ2) is 7.07. The number of halogens is 1. The molecule has 1 aromatic heterocycles. The molecule has 1 unspecified atom stereocenters. The number of H-pyrrole nitrogens is 1. The van der Waals surface area contributed by atoms with Gasteiger partial charge in [0.25, 0.3) is 0 Å². The van der Waals surface area contributed by atoms with Crippen LogP contribution in [0.2, 0.25) is 0 Å². The van der Waals surface area contributed by atoms with Crippen molar-refractivity contribution >= 4 is 16.9 Å². The maximum atomic E-state index is 13.3. The van der Waals surface area contributed by atoms with Crippen molar-refractivity contribution < 1.29 is 9.13 Å². The van der Waals surface area contributed by atoms with Gasteiger partial charge < -0.3 is 20.8 Å². The van der Waals surface area contributed by atoms with E-state index in [1.54, 1.807) is 6.07 Å². The summed E-state index contributed by atoms with van der Waals surface area (Å²) in [5.74, 6) is 1.08. The number of rotatable bonds is 4. The van der Waals surface area contributed by atoms with E-state index >= 15 is 0 Å². The molecular weight excluding hydrogens is 331 g/mol. The number of aromatic amines is 1. The van der Waals surface area contributed by atoms with E-state index < -0.39 is 0 Å². The van der Waals surface area contributed by atoms with Crippen LogP contribution in [0.3, 0.4) is 0 Å². The summed E-state index contributed by atoms with van der Waals surface area (Å²) < 4.78 is 18.9. The Kier molecular flexibility index (Phi) is 4.48. The van der Waals surface area contributed by atoms with Crippen molar-refractivity contribution in [3.8, 4) is 5.75 Å². The lowest BCUT2D eigenvalue weighted by atomic mass is 10.0. The number of nitrogens with two attached hydrogens (primary N) is 1. The summed E-state index contributed by atoms with van der Waals surface area (Å²) in [5.41, 5.74) is 9.09. The predicted molar refractivity (Wildman–Crippen MR) is 101 cm³/mol.